The average Bonchev–Trinajstić information content (AvgIpc) is 2.80. The second-order valence-corrected chi connectivity index (χ2v) is 3.92. The first-order chi connectivity index (χ1) is 5.78. The van der Waals surface area contributed by atoms with Crippen LogP contribution in [-0.4, -0.2) is 26.2 Å². The molecule has 3 heteroatoms. The molecule has 2 rings (SSSR count). The number of ether oxygens (including phenoxy) is 1. The van der Waals surface area contributed by atoms with Gasteiger partial charge in [0, 0.05) is 6.54 Å². The number of hydrogen-bond acceptors (Lipinski definition) is 3. The molecule has 1 aliphatic heterocycles. The van der Waals surface area contributed by atoms with Crippen LogP contribution in [0.25, 0.3) is 0 Å². The van der Waals surface area contributed by atoms with Crippen LogP contribution < -0.4 is 5.32 Å². The highest BCUT2D eigenvalue weighted by atomic mass is 16.5. The smallest absolute Gasteiger partial charge is 0.309 e. The molecule has 2 aliphatic rings. The first kappa shape index (κ1) is 8.05. The Morgan fingerprint density at radius 2 is 2.50 bits per heavy atom. The van der Waals surface area contributed by atoms with Gasteiger partial charge in [-0.2, -0.15) is 0 Å². The summed E-state index contributed by atoms with van der Waals surface area (Å²) in [4.78, 5) is 11.2. The van der Waals surface area contributed by atoms with Gasteiger partial charge in [0.05, 0.1) is 13.0 Å². The standard InChI is InChI=1S/C9H15NO2/c1-12-8(11)7-5-9(7)3-2-4-10-6-9/h7,10H,2-6H2,1H3. The van der Waals surface area contributed by atoms with Crippen LogP contribution in [0.15, 0.2) is 0 Å². The summed E-state index contributed by atoms with van der Waals surface area (Å²) in [6.45, 7) is 2.11. The third-order valence-electron chi connectivity index (χ3n) is 3.18. The Bertz CT molecular complexity index is 197. The summed E-state index contributed by atoms with van der Waals surface area (Å²) in [5, 5.41) is 3.34. The van der Waals surface area contributed by atoms with Crippen LogP contribution in [0, 0.1) is 11.3 Å². The van der Waals surface area contributed by atoms with Crippen LogP contribution in [0.4, 0.5) is 0 Å². The summed E-state index contributed by atoms with van der Waals surface area (Å²) in [7, 11) is 1.48. The molecule has 0 amide bonds. The molecule has 0 radical (unpaired) electrons. The molecule has 2 unspecified atom stereocenters. The zero-order chi connectivity index (χ0) is 8.60. The molecule has 3 nitrogen and oxygen atoms in total. The van der Waals surface area contributed by atoms with E-state index >= 15 is 0 Å². The Morgan fingerprint density at radius 3 is 3.08 bits per heavy atom. The summed E-state index contributed by atoms with van der Waals surface area (Å²) in [6, 6.07) is 0. The molecule has 1 saturated heterocycles. The van der Waals surface area contributed by atoms with E-state index in [2.05, 4.69) is 5.32 Å². The molecule has 12 heavy (non-hydrogen) atoms. The minimum atomic E-state index is -0.0151. The van der Waals surface area contributed by atoms with Crippen LogP contribution in [0.5, 0.6) is 0 Å². The van der Waals surface area contributed by atoms with Crippen LogP contribution in [0.2, 0.25) is 0 Å². The maximum atomic E-state index is 11.2. The van der Waals surface area contributed by atoms with E-state index in [1.807, 2.05) is 0 Å². The van der Waals surface area contributed by atoms with Crippen LogP contribution in [-0.2, 0) is 9.53 Å². The predicted molar refractivity (Wildman–Crippen MR) is 44.7 cm³/mol. The second-order valence-electron chi connectivity index (χ2n) is 3.92. The first-order valence-electron chi connectivity index (χ1n) is 4.57. The SMILES string of the molecule is COC(=O)C1CC12CCCNC2. The lowest BCUT2D eigenvalue weighted by atomic mass is 9.94. The number of hydrogen-bond donors (Lipinski definition) is 1. The van der Waals surface area contributed by atoms with Gasteiger partial charge in [-0.3, -0.25) is 4.79 Å². The zero-order valence-electron chi connectivity index (χ0n) is 7.43. The molecular weight excluding hydrogens is 154 g/mol. The van der Waals surface area contributed by atoms with Crippen molar-refractivity contribution in [1.29, 1.82) is 0 Å². The second kappa shape index (κ2) is 2.73. The number of methoxy groups -OCH3 is 1. The molecule has 1 aliphatic carbocycles. The van der Waals surface area contributed by atoms with E-state index in [9.17, 15) is 4.79 Å². The van der Waals surface area contributed by atoms with E-state index in [4.69, 9.17) is 4.74 Å². The van der Waals surface area contributed by atoms with E-state index in [1.165, 1.54) is 20.0 Å². The van der Waals surface area contributed by atoms with Crippen molar-refractivity contribution in [3.63, 3.8) is 0 Å². The molecule has 1 heterocycles. The fourth-order valence-corrected chi connectivity index (χ4v) is 2.29. The molecule has 0 aromatic heterocycles. The van der Waals surface area contributed by atoms with Crippen LogP contribution >= 0.6 is 0 Å². The van der Waals surface area contributed by atoms with Gasteiger partial charge in [0.15, 0.2) is 0 Å². The summed E-state index contributed by atoms with van der Waals surface area (Å²) in [5.74, 6) is 0.175. The monoisotopic (exact) mass is 169 g/mol. The summed E-state index contributed by atoms with van der Waals surface area (Å²) >= 11 is 0. The molecule has 2 atom stereocenters. The van der Waals surface area contributed by atoms with Gasteiger partial charge >= 0.3 is 5.97 Å². The molecule has 68 valence electrons. The highest BCUT2D eigenvalue weighted by molar-refractivity contribution is 5.76. The molecule has 2 fully saturated rings. The minimum Gasteiger partial charge on any atom is -0.469 e. The zero-order valence-corrected chi connectivity index (χ0v) is 7.43. The van der Waals surface area contributed by atoms with Gasteiger partial charge in [-0.05, 0) is 31.2 Å². The molecule has 0 bridgehead atoms. The summed E-state index contributed by atoms with van der Waals surface area (Å²) in [6.07, 6.45) is 3.43. The van der Waals surface area contributed by atoms with E-state index in [0.717, 1.165) is 19.5 Å². The van der Waals surface area contributed by atoms with Crippen LogP contribution in [0.1, 0.15) is 19.3 Å². The third kappa shape index (κ3) is 1.12. The van der Waals surface area contributed by atoms with Gasteiger partial charge in [-0.1, -0.05) is 0 Å². The topological polar surface area (TPSA) is 38.3 Å². The lowest BCUT2D eigenvalue weighted by molar-refractivity contribution is -0.143. The van der Waals surface area contributed by atoms with E-state index in [0.29, 0.717) is 0 Å². The van der Waals surface area contributed by atoms with Crippen molar-refractivity contribution in [1.82, 2.24) is 5.32 Å². The third-order valence-corrected chi connectivity index (χ3v) is 3.18. The number of carbonyl (C=O) groups excluding carboxylic acids is 1. The van der Waals surface area contributed by atoms with E-state index in [-0.39, 0.29) is 17.3 Å². The maximum Gasteiger partial charge on any atom is 0.309 e. The molecule has 0 aromatic carbocycles. The van der Waals surface area contributed by atoms with Crippen LogP contribution in [0.3, 0.4) is 0 Å². The van der Waals surface area contributed by atoms with Crippen molar-refractivity contribution >= 4 is 5.97 Å². The van der Waals surface area contributed by atoms with Gasteiger partial charge in [0.2, 0.25) is 0 Å². The van der Waals surface area contributed by atoms with Gasteiger partial charge < -0.3 is 10.1 Å². The largest absolute Gasteiger partial charge is 0.469 e. The number of carbonyl (C=O) groups is 1. The fraction of sp³-hybridized carbons (Fsp3) is 0.889. The predicted octanol–water partition coefficient (Wildman–Crippen LogP) is 0.549. The number of esters is 1. The molecular formula is C9H15NO2. The van der Waals surface area contributed by atoms with Gasteiger partial charge in [0.1, 0.15) is 0 Å². The highest BCUT2D eigenvalue weighted by Gasteiger charge is 2.58. The Morgan fingerprint density at radius 1 is 1.67 bits per heavy atom. The first-order valence-corrected chi connectivity index (χ1v) is 4.57. The number of nitrogens with one attached hydrogen (secondary N) is 1. The quantitative estimate of drug-likeness (QED) is 0.582. The lowest BCUT2D eigenvalue weighted by Crippen LogP contribution is -2.33. The molecule has 0 aromatic rings. The summed E-state index contributed by atoms with van der Waals surface area (Å²) in [5.41, 5.74) is 0.283. The molecule has 1 saturated carbocycles. The lowest BCUT2D eigenvalue weighted by Gasteiger charge is -2.22. The Balaban J connectivity index is 1.95. The minimum absolute atomic E-state index is 0.0151. The Labute approximate surface area is 72.5 Å². The van der Waals surface area contributed by atoms with Crippen molar-refractivity contribution in [3.8, 4) is 0 Å². The average molecular weight is 169 g/mol. The van der Waals surface area contributed by atoms with Gasteiger partial charge in [-0.25, -0.2) is 0 Å². The Hall–Kier alpha value is -0.570. The number of rotatable bonds is 1. The van der Waals surface area contributed by atoms with Gasteiger partial charge in [0.25, 0.3) is 0 Å². The van der Waals surface area contributed by atoms with Crippen molar-refractivity contribution in [2.24, 2.45) is 11.3 Å². The van der Waals surface area contributed by atoms with E-state index < -0.39 is 0 Å². The Kier molecular flexibility index (Phi) is 1.83. The van der Waals surface area contributed by atoms with Crippen molar-refractivity contribution in [2.45, 2.75) is 19.3 Å². The highest BCUT2D eigenvalue weighted by Crippen LogP contribution is 2.56. The number of piperidine rings is 1. The molecule has 1 spiro atoms. The summed E-state index contributed by atoms with van der Waals surface area (Å²) < 4.78 is 4.73. The van der Waals surface area contributed by atoms with E-state index in [1.54, 1.807) is 0 Å². The van der Waals surface area contributed by atoms with Gasteiger partial charge in [-0.15, -0.1) is 0 Å². The van der Waals surface area contributed by atoms with Crippen molar-refractivity contribution in [2.75, 3.05) is 20.2 Å². The van der Waals surface area contributed by atoms with Crippen molar-refractivity contribution < 1.29 is 9.53 Å². The fourth-order valence-electron chi connectivity index (χ4n) is 2.29. The van der Waals surface area contributed by atoms with Crippen molar-refractivity contribution in [3.05, 3.63) is 0 Å². The normalized spacial score (nSPS) is 39.6. The maximum absolute atomic E-state index is 11.2. The molecule has 1 N–H and O–H groups in total.